The third kappa shape index (κ3) is 3.98. The minimum Gasteiger partial charge on any atom is -0.465 e. The van der Waals surface area contributed by atoms with E-state index in [2.05, 4.69) is 25.7 Å². The Balaban J connectivity index is 1.60. The van der Waals surface area contributed by atoms with Crippen molar-refractivity contribution in [2.24, 2.45) is 0 Å². The fourth-order valence-corrected chi connectivity index (χ4v) is 3.19. The Bertz CT molecular complexity index is 694. The van der Waals surface area contributed by atoms with E-state index in [9.17, 15) is 9.59 Å². The number of nitrogens with one attached hydrogen (secondary N) is 2. The van der Waals surface area contributed by atoms with Crippen molar-refractivity contribution in [3.63, 3.8) is 0 Å². The summed E-state index contributed by atoms with van der Waals surface area (Å²) in [5.74, 6) is 0.189. The lowest BCUT2D eigenvalue weighted by atomic mass is 10.2. The number of hydrogen-bond acceptors (Lipinski definition) is 7. The zero-order valence-corrected chi connectivity index (χ0v) is 14.1. The third-order valence-electron chi connectivity index (χ3n) is 3.91. The standard InChI is InChI=1S/C15H19N5O3S/c1-10-4-5-12(23-10)11(20-6-2-3-7-20)8-16-13(21)14(22)18-15-19-17-9-24-15/h4-5,9,11H,2-3,6-8H2,1H3,(H,16,21)(H,18,19,22)/t11-/m0/s1. The third-order valence-corrected chi connectivity index (χ3v) is 4.52. The Morgan fingerprint density at radius 1 is 1.33 bits per heavy atom. The minimum absolute atomic E-state index is 0.0699. The van der Waals surface area contributed by atoms with Crippen LogP contribution in [0.15, 0.2) is 22.1 Å². The molecule has 2 N–H and O–H groups in total. The van der Waals surface area contributed by atoms with Crippen molar-refractivity contribution < 1.29 is 14.0 Å². The van der Waals surface area contributed by atoms with Gasteiger partial charge in [0.15, 0.2) is 0 Å². The summed E-state index contributed by atoms with van der Waals surface area (Å²) in [7, 11) is 0. The molecule has 24 heavy (non-hydrogen) atoms. The van der Waals surface area contributed by atoms with Crippen molar-refractivity contribution in [2.45, 2.75) is 25.8 Å². The lowest BCUT2D eigenvalue weighted by Gasteiger charge is -2.25. The number of nitrogens with zero attached hydrogens (tertiary/aromatic N) is 3. The highest BCUT2D eigenvalue weighted by molar-refractivity contribution is 7.13. The van der Waals surface area contributed by atoms with Gasteiger partial charge >= 0.3 is 11.8 Å². The monoisotopic (exact) mass is 349 g/mol. The van der Waals surface area contributed by atoms with E-state index in [1.807, 2.05) is 19.1 Å². The molecule has 3 heterocycles. The highest BCUT2D eigenvalue weighted by Crippen LogP contribution is 2.26. The molecule has 1 aliphatic rings. The first-order valence-electron chi connectivity index (χ1n) is 7.79. The maximum atomic E-state index is 12.0. The van der Waals surface area contributed by atoms with E-state index in [1.54, 1.807) is 0 Å². The first-order valence-corrected chi connectivity index (χ1v) is 8.67. The number of hydrogen-bond donors (Lipinski definition) is 2. The molecule has 2 aromatic rings. The minimum atomic E-state index is -0.748. The van der Waals surface area contributed by atoms with Crippen LogP contribution in [0.25, 0.3) is 0 Å². The molecule has 0 aliphatic carbocycles. The van der Waals surface area contributed by atoms with Gasteiger partial charge in [0.2, 0.25) is 5.13 Å². The second kappa shape index (κ2) is 7.54. The van der Waals surface area contributed by atoms with E-state index in [-0.39, 0.29) is 6.04 Å². The maximum Gasteiger partial charge on any atom is 0.315 e. The lowest BCUT2D eigenvalue weighted by Crippen LogP contribution is -2.41. The molecule has 2 aromatic heterocycles. The highest BCUT2D eigenvalue weighted by atomic mass is 32.1. The van der Waals surface area contributed by atoms with Crippen molar-refractivity contribution in [3.05, 3.63) is 29.2 Å². The van der Waals surface area contributed by atoms with E-state index in [4.69, 9.17) is 4.42 Å². The molecule has 0 aromatic carbocycles. The van der Waals surface area contributed by atoms with Gasteiger partial charge in [-0.05, 0) is 45.0 Å². The molecule has 0 bridgehead atoms. The van der Waals surface area contributed by atoms with Gasteiger partial charge in [-0.3, -0.25) is 19.8 Å². The molecule has 9 heteroatoms. The van der Waals surface area contributed by atoms with Gasteiger partial charge in [0.25, 0.3) is 0 Å². The smallest absolute Gasteiger partial charge is 0.315 e. The molecular weight excluding hydrogens is 330 g/mol. The van der Waals surface area contributed by atoms with E-state index in [0.717, 1.165) is 48.8 Å². The molecule has 128 valence electrons. The van der Waals surface area contributed by atoms with Crippen molar-refractivity contribution in [1.29, 1.82) is 0 Å². The predicted molar refractivity (Wildman–Crippen MR) is 88.5 cm³/mol. The summed E-state index contributed by atoms with van der Waals surface area (Å²) in [5, 5.41) is 12.7. The normalized spacial score (nSPS) is 16.0. The van der Waals surface area contributed by atoms with Gasteiger partial charge < -0.3 is 9.73 Å². The Kier molecular flexibility index (Phi) is 5.21. The van der Waals surface area contributed by atoms with Gasteiger partial charge in [0, 0.05) is 6.54 Å². The summed E-state index contributed by atoms with van der Waals surface area (Å²) in [4.78, 5) is 26.1. The number of likely N-dealkylation sites (tertiary alicyclic amines) is 1. The predicted octanol–water partition coefficient (Wildman–Crippen LogP) is 1.33. The topological polar surface area (TPSA) is 100 Å². The van der Waals surface area contributed by atoms with Gasteiger partial charge in [-0.2, -0.15) is 0 Å². The van der Waals surface area contributed by atoms with Crippen LogP contribution in [-0.2, 0) is 9.59 Å². The van der Waals surface area contributed by atoms with Gasteiger partial charge in [0.1, 0.15) is 17.0 Å². The zero-order chi connectivity index (χ0) is 16.9. The van der Waals surface area contributed by atoms with Crippen LogP contribution in [0.1, 0.15) is 30.4 Å². The average molecular weight is 349 g/mol. The summed E-state index contributed by atoms with van der Waals surface area (Å²) >= 11 is 1.16. The second-order valence-electron chi connectivity index (χ2n) is 5.62. The molecule has 0 unspecified atom stereocenters. The van der Waals surface area contributed by atoms with Gasteiger partial charge in [0.05, 0.1) is 6.04 Å². The van der Waals surface area contributed by atoms with Crippen LogP contribution in [0.2, 0.25) is 0 Å². The van der Waals surface area contributed by atoms with Gasteiger partial charge in [-0.25, -0.2) is 0 Å². The zero-order valence-electron chi connectivity index (χ0n) is 13.3. The Labute approximate surface area is 143 Å². The highest BCUT2D eigenvalue weighted by Gasteiger charge is 2.27. The Hall–Kier alpha value is -2.26. The van der Waals surface area contributed by atoms with Crippen molar-refractivity contribution >= 4 is 28.3 Å². The second-order valence-corrected chi connectivity index (χ2v) is 6.45. The SMILES string of the molecule is Cc1ccc([C@H](CNC(=O)C(=O)Nc2nncs2)N2CCCC2)o1. The molecule has 1 atom stereocenters. The molecule has 1 saturated heterocycles. The quantitative estimate of drug-likeness (QED) is 0.790. The summed E-state index contributed by atoms with van der Waals surface area (Å²) in [5.41, 5.74) is 1.48. The van der Waals surface area contributed by atoms with E-state index < -0.39 is 11.8 Å². The number of anilines is 1. The number of aryl methyl sites for hydroxylation is 1. The largest absolute Gasteiger partial charge is 0.465 e. The lowest BCUT2D eigenvalue weighted by molar-refractivity contribution is -0.136. The average Bonchev–Trinajstić information content (AvgIpc) is 3.30. The molecular formula is C15H19N5O3S. The van der Waals surface area contributed by atoms with Crippen molar-refractivity contribution in [1.82, 2.24) is 20.4 Å². The Morgan fingerprint density at radius 2 is 2.12 bits per heavy atom. The van der Waals surface area contributed by atoms with Crippen LogP contribution < -0.4 is 10.6 Å². The number of carbonyl (C=O) groups is 2. The number of rotatable bonds is 5. The number of furan rings is 1. The fraction of sp³-hybridized carbons (Fsp3) is 0.467. The fourth-order valence-electron chi connectivity index (χ4n) is 2.75. The molecule has 2 amide bonds. The van der Waals surface area contributed by atoms with Crippen LogP contribution in [0.4, 0.5) is 5.13 Å². The van der Waals surface area contributed by atoms with Gasteiger partial charge in [-0.15, -0.1) is 10.2 Å². The molecule has 1 fully saturated rings. The summed E-state index contributed by atoms with van der Waals surface area (Å²) < 4.78 is 5.73. The molecule has 3 rings (SSSR count). The van der Waals surface area contributed by atoms with Gasteiger partial charge in [-0.1, -0.05) is 11.3 Å². The maximum absolute atomic E-state index is 12.0. The summed E-state index contributed by atoms with van der Waals surface area (Å²) in [6.07, 6.45) is 2.25. The number of amides is 2. The first-order chi connectivity index (χ1) is 11.6. The van der Waals surface area contributed by atoms with E-state index in [1.165, 1.54) is 5.51 Å². The number of carbonyl (C=O) groups excluding carboxylic acids is 2. The summed E-state index contributed by atoms with van der Waals surface area (Å²) in [6, 6.07) is 3.76. The van der Waals surface area contributed by atoms with Crippen LogP contribution in [-0.4, -0.2) is 46.5 Å². The summed E-state index contributed by atoms with van der Waals surface area (Å²) in [6.45, 7) is 4.11. The molecule has 8 nitrogen and oxygen atoms in total. The molecule has 0 radical (unpaired) electrons. The van der Waals surface area contributed by atoms with Crippen LogP contribution in [0.5, 0.6) is 0 Å². The molecule has 1 aliphatic heterocycles. The van der Waals surface area contributed by atoms with Crippen molar-refractivity contribution in [3.8, 4) is 0 Å². The Morgan fingerprint density at radius 3 is 2.75 bits per heavy atom. The van der Waals surface area contributed by atoms with Crippen LogP contribution >= 0.6 is 11.3 Å². The van der Waals surface area contributed by atoms with Crippen LogP contribution in [0, 0.1) is 6.92 Å². The van der Waals surface area contributed by atoms with Crippen LogP contribution in [0.3, 0.4) is 0 Å². The van der Waals surface area contributed by atoms with E-state index >= 15 is 0 Å². The first kappa shape index (κ1) is 16.6. The van der Waals surface area contributed by atoms with Crippen molar-refractivity contribution in [2.75, 3.05) is 25.0 Å². The van der Waals surface area contributed by atoms with E-state index in [0.29, 0.717) is 11.7 Å². The molecule has 0 saturated carbocycles. The number of aromatic nitrogens is 2. The molecule has 0 spiro atoms.